The number of amides is 2. The number of ether oxygens (including phenoxy) is 1. The number of fused-ring (bicyclic) bond motifs is 2. The van der Waals surface area contributed by atoms with Crippen molar-refractivity contribution < 1.29 is 14.3 Å². The zero-order valence-corrected chi connectivity index (χ0v) is 21.7. The number of nitrogens with zero attached hydrogens (tertiary/aromatic N) is 3. The minimum Gasteiger partial charge on any atom is -0.444 e. The van der Waals surface area contributed by atoms with E-state index in [0.717, 1.165) is 48.9 Å². The van der Waals surface area contributed by atoms with Crippen LogP contribution in [0, 0.1) is 23.2 Å². The number of nitriles is 1. The van der Waals surface area contributed by atoms with Crippen LogP contribution >= 0.6 is 0 Å². The van der Waals surface area contributed by atoms with E-state index in [2.05, 4.69) is 39.3 Å². The number of hydrogen-bond donors (Lipinski definition) is 3. The Kier molecular flexibility index (Phi) is 6.60. The molecule has 0 bridgehead atoms. The largest absolute Gasteiger partial charge is 0.444 e. The summed E-state index contributed by atoms with van der Waals surface area (Å²) in [5.74, 6) is -0.213. The first-order chi connectivity index (χ1) is 17.2. The van der Waals surface area contributed by atoms with Crippen LogP contribution in [-0.4, -0.2) is 52.3 Å². The van der Waals surface area contributed by atoms with E-state index in [9.17, 15) is 14.9 Å². The molecule has 1 saturated carbocycles. The van der Waals surface area contributed by atoms with Crippen LogP contribution in [0.3, 0.4) is 0 Å². The fraction of sp³-hybridized carbons (Fsp3) is 0.667. The Morgan fingerprint density at radius 1 is 1.19 bits per heavy atom. The lowest BCUT2D eigenvalue weighted by atomic mass is 9.83. The van der Waals surface area contributed by atoms with Crippen molar-refractivity contribution in [3.05, 3.63) is 29.3 Å². The number of rotatable bonds is 3. The molecular weight excluding hydrogens is 456 g/mol. The Labute approximate surface area is 213 Å². The van der Waals surface area contributed by atoms with Gasteiger partial charge in [0.05, 0.1) is 30.5 Å². The molecule has 3 heterocycles. The quantitative estimate of drug-likeness (QED) is 0.588. The summed E-state index contributed by atoms with van der Waals surface area (Å²) in [6.45, 7) is 8.79. The van der Waals surface area contributed by atoms with Gasteiger partial charge in [-0.05, 0) is 70.2 Å². The zero-order chi connectivity index (χ0) is 25.6. The smallest absolute Gasteiger partial charge is 0.411 e. The molecule has 2 saturated heterocycles. The highest BCUT2D eigenvalue weighted by atomic mass is 16.6. The molecule has 3 aliphatic heterocycles. The molecule has 3 N–H and O–H groups in total. The van der Waals surface area contributed by atoms with E-state index >= 15 is 0 Å². The minimum absolute atomic E-state index is 0.0176. The predicted molar refractivity (Wildman–Crippen MR) is 135 cm³/mol. The molecule has 1 aromatic rings. The maximum Gasteiger partial charge on any atom is 0.411 e. The Morgan fingerprint density at radius 2 is 1.97 bits per heavy atom. The molecule has 5 rings (SSSR count). The molecule has 36 heavy (non-hydrogen) atoms. The normalized spacial score (nSPS) is 32.3. The van der Waals surface area contributed by atoms with Crippen LogP contribution < -0.4 is 16.1 Å². The van der Waals surface area contributed by atoms with Gasteiger partial charge >= 0.3 is 6.09 Å². The van der Waals surface area contributed by atoms with Gasteiger partial charge in [-0.25, -0.2) is 15.2 Å². The van der Waals surface area contributed by atoms with Crippen molar-refractivity contribution in [3.8, 4) is 6.07 Å². The van der Waals surface area contributed by atoms with Crippen LogP contribution in [0.4, 0.5) is 10.5 Å². The number of carbonyl (C=O) groups excluding carboxylic acids is 2. The molecule has 194 valence electrons. The van der Waals surface area contributed by atoms with E-state index in [1.54, 1.807) is 4.90 Å². The highest BCUT2D eigenvalue weighted by Crippen LogP contribution is 2.38. The van der Waals surface area contributed by atoms with E-state index in [-0.39, 0.29) is 48.1 Å². The third-order valence-corrected chi connectivity index (χ3v) is 8.07. The van der Waals surface area contributed by atoms with Crippen molar-refractivity contribution in [1.82, 2.24) is 20.7 Å². The highest BCUT2D eigenvalue weighted by Gasteiger charge is 2.51. The third kappa shape index (κ3) is 4.64. The molecule has 9 nitrogen and oxygen atoms in total. The van der Waals surface area contributed by atoms with E-state index in [1.807, 2.05) is 33.8 Å². The van der Waals surface area contributed by atoms with Crippen LogP contribution in [0.1, 0.15) is 77.0 Å². The van der Waals surface area contributed by atoms with Gasteiger partial charge in [0.25, 0.3) is 0 Å². The summed E-state index contributed by atoms with van der Waals surface area (Å²) in [6, 6.07) is 8.80. The molecule has 4 unspecified atom stereocenters. The molecule has 4 aliphatic rings. The molecule has 9 heteroatoms. The maximum absolute atomic E-state index is 13.0. The molecule has 0 spiro atoms. The highest BCUT2D eigenvalue weighted by molar-refractivity contribution is 5.82. The van der Waals surface area contributed by atoms with Gasteiger partial charge in [0.15, 0.2) is 0 Å². The number of hydrogen-bond acceptors (Lipinski definition) is 7. The molecule has 2 amide bonds. The topological polar surface area (TPSA) is 110 Å². The Bertz CT molecular complexity index is 1060. The number of carbonyl (C=O) groups is 2. The van der Waals surface area contributed by atoms with Gasteiger partial charge in [-0.3, -0.25) is 9.69 Å². The second kappa shape index (κ2) is 9.56. The minimum atomic E-state index is -0.543. The summed E-state index contributed by atoms with van der Waals surface area (Å²) < 4.78 is 5.61. The fourth-order valence-corrected chi connectivity index (χ4v) is 6.35. The van der Waals surface area contributed by atoms with E-state index < -0.39 is 5.60 Å². The first-order valence-electron chi connectivity index (χ1n) is 13.3. The van der Waals surface area contributed by atoms with E-state index in [0.29, 0.717) is 13.1 Å². The van der Waals surface area contributed by atoms with Gasteiger partial charge in [-0.1, -0.05) is 18.9 Å². The van der Waals surface area contributed by atoms with Gasteiger partial charge in [-0.2, -0.15) is 5.26 Å². The van der Waals surface area contributed by atoms with Crippen LogP contribution in [0.5, 0.6) is 0 Å². The average Bonchev–Trinajstić information content (AvgIpc) is 3.36. The molecule has 1 aliphatic carbocycles. The second-order valence-corrected chi connectivity index (χ2v) is 11.6. The fourth-order valence-electron chi connectivity index (χ4n) is 6.35. The Morgan fingerprint density at radius 3 is 2.72 bits per heavy atom. The standard InChI is InChI=1S/C27H38N6O3/c1-16-20-10-9-19(13-18(20)15-32(16)26(35)36-27(2,3)4)30-24-23-22(11-12-29-25(23)34)33(31-24)21-8-6-5-7-17(21)14-28/h9-10,13,16-17,21-24,30-31H,5-8,11-12,15H2,1-4H3,(H,29,34)/t16?,17-,21+,22?,23?,24?/m1/s1. The SMILES string of the molecule is CC1c2ccc(NC3NN([C@H]4CCCC[C@@H]4C#N)C4CCNC(=O)C34)cc2CN1C(=O)OC(C)(C)C. The molecule has 1 aromatic carbocycles. The monoisotopic (exact) mass is 494 g/mol. The number of nitrogens with one attached hydrogen (secondary N) is 3. The van der Waals surface area contributed by atoms with Crippen LogP contribution in [-0.2, 0) is 16.1 Å². The third-order valence-electron chi connectivity index (χ3n) is 8.07. The molecule has 0 aromatic heterocycles. The van der Waals surface area contributed by atoms with Gasteiger partial charge in [0.2, 0.25) is 5.91 Å². The second-order valence-electron chi connectivity index (χ2n) is 11.6. The van der Waals surface area contributed by atoms with Crippen molar-refractivity contribution in [2.75, 3.05) is 11.9 Å². The van der Waals surface area contributed by atoms with Crippen LogP contribution in [0.2, 0.25) is 0 Å². The molecule has 0 radical (unpaired) electrons. The average molecular weight is 495 g/mol. The van der Waals surface area contributed by atoms with E-state index in [4.69, 9.17) is 4.74 Å². The lowest BCUT2D eigenvalue weighted by molar-refractivity contribution is -0.128. The van der Waals surface area contributed by atoms with E-state index in [1.165, 1.54) is 0 Å². The van der Waals surface area contributed by atoms with Crippen molar-refractivity contribution in [2.45, 2.75) is 96.2 Å². The Balaban J connectivity index is 1.34. The number of anilines is 1. The number of piperidine rings is 1. The van der Waals surface area contributed by atoms with Crippen molar-refractivity contribution in [3.63, 3.8) is 0 Å². The van der Waals surface area contributed by atoms with Crippen molar-refractivity contribution >= 4 is 17.7 Å². The number of hydrazine groups is 1. The summed E-state index contributed by atoms with van der Waals surface area (Å²) in [4.78, 5) is 27.5. The summed E-state index contributed by atoms with van der Waals surface area (Å²) in [7, 11) is 0. The molecular formula is C27H38N6O3. The van der Waals surface area contributed by atoms with Gasteiger partial charge in [0.1, 0.15) is 11.8 Å². The van der Waals surface area contributed by atoms with Gasteiger partial charge in [-0.15, -0.1) is 0 Å². The van der Waals surface area contributed by atoms with Crippen LogP contribution in [0.15, 0.2) is 18.2 Å². The summed E-state index contributed by atoms with van der Waals surface area (Å²) >= 11 is 0. The van der Waals surface area contributed by atoms with Gasteiger partial charge in [0, 0.05) is 24.3 Å². The Hall–Kier alpha value is -2.83. The van der Waals surface area contributed by atoms with Crippen molar-refractivity contribution in [1.29, 1.82) is 5.26 Å². The molecule has 3 fully saturated rings. The summed E-state index contributed by atoms with van der Waals surface area (Å²) in [5.41, 5.74) is 6.15. The van der Waals surface area contributed by atoms with Gasteiger partial charge < -0.3 is 15.4 Å². The van der Waals surface area contributed by atoms with Crippen LogP contribution in [0.25, 0.3) is 0 Å². The predicted octanol–water partition coefficient (Wildman–Crippen LogP) is 3.64. The first-order valence-corrected chi connectivity index (χ1v) is 13.3. The van der Waals surface area contributed by atoms with Crippen molar-refractivity contribution in [2.24, 2.45) is 11.8 Å². The maximum atomic E-state index is 13.0. The lowest BCUT2D eigenvalue weighted by Gasteiger charge is -2.39. The zero-order valence-electron chi connectivity index (χ0n) is 21.7. The summed E-state index contributed by atoms with van der Waals surface area (Å²) in [6.07, 6.45) is 4.37. The first kappa shape index (κ1) is 24.8. The number of benzene rings is 1. The molecule has 6 atom stereocenters. The lowest BCUT2D eigenvalue weighted by Crippen LogP contribution is -2.54. The summed E-state index contributed by atoms with van der Waals surface area (Å²) in [5, 5.41) is 18.6.